The quantitative estimate of drug-likeness (QED) is 0.412. The molecular weight excluding hydrogens is 192 g/mol. The van der Waals surface area contributed by atoms with Gasteiger partial charge in [-0.05, 0) is 6.42 Å². The van der Waals surface area contributed by atoms with Crippen LogP contribution in [0, 0.1) is 0 Å². The first-order chi connectivity index (χ1) is 5.56. The molecule has 0 heterocycles. The van der Waals surface area contributed by atoms with Gasteiger partial charge < -0.3 is 4.74 Å². The molecule has 0 amide bonds. The van der Waals surface area contributed by atoms with Crippen LogP contribution in [0.4, 0.5) is 0 Å². The molecule has 0 saturated carbocycles. The van der Waals surface area contributed by atoms with Gasteiger partial charge in [0.2, 0.25) is 0 Å². The maximum absolute atomic E-state index is 10.5. The van der Waals surface area contributed by atoms with E-state index in [2.05, 4.69) is 32.2 Å². The number of esters is 1. The third-order valence-corrected chi connectivity index (χ3v) is 2.18. The van der Waals surface area contributed by atoms with Gasteiger partial charge in [0.1, 0.15) is 5.44 Å². The van der Waals surface area contributed by atoms with Crippen LogP contribution in [0.2, 0.25) is 0 Å². The van der Waals surface area contributed by atoms with Gasteiger partial charge in [-0.1, -0.05) is 13.3 Å². The molecule has 0 saturated heterocycles. The van der Waals surface area contributed by atoms with Crippen LogP contribution in [0.25, 0.3) is 0 Å². The molecule has 0 spiro atoms. The average molecular weight is 208 g/mol. The summed E-state index contributed by atoms with van der Waals surface area (Å²) in [5, 5.41) is 0.275. The highest BCUT2D eigenvalue weighted by molar-refractivity contribution is 7.81. The van der Waals surface area contributed by atoms with Crippen molar-refractivity contribution in [1.29, 1.82) is 0 Å². The summed E-state index contributed by atoms with van der Waals surface area (Å²) in [6.45, 7) is 3.49. The van der Waals surface area contributed by atoms with Crippen molar-refractivity contribution in [3.63, 3.8) is 0 Å². The fourth-order valence-corrected chi connectivity index (χ4v) is 1.94. The molecule has 0 aromatic rings. The molecule has 2 atom stereocenters. The standard InChI is InChI=1S/C8H16O2S2/c1-3-4-7(11)5-8(12)10-6(2)9/h7-8,11-12H,3-5H2,1-2H3. The van der Waals surface area contributed by atoms with Crippen molar-refractivity contribution in [3.8, 4) is 0 Å². The Kier molecular flexibility index (Phi) is 6.76. The van der Waals surface area contributed by atoms with E-state index < -0.39 is 0 Å². The number of carbonyl (C=O) groups excluding carboxylic acids is 1. The summed E-state index contributed by atoms with van der Waals surface area (Å²) in [4.78, 5) is 10.5. The predicted molar refractivity (Wildman–Crippen MR) is 56.8 cm³/mol. The van der Waals surface area contributed by atoms with Gasteiger partial charge in [-0.3, -0.25) is 4.79 Å². The maximum Gasteiger partial charge on any atom is 0.303 e. The van der Waals surface area contributed by atoms with Crippen LogP contribution in [-0.4, -0.2) is 16.7 Å². The predicted octanol–water partition coefficient (Wildman–Crippen LogP) is 2.29. The van der Waals surface area contributed by atoms with E-state index in [0.29, 0.717) is 6.42 Å². The van der Waals surface area contributed by atoms with E-state index >= 15 is 0 Å². The first-order valence-corrected chi connectivity index (χ1v) is 5.12. The lowest BCUT2D eigenvalue weighted by molar-refractivity contribution is -0.142. The zero-order valence-electron chi connectivity index (χ0n) is 7.49. The molecule has 0 radical (unpaired) electrons. The molecule has 0 aromatic heterocycles. The smallest absolute Gasteiger partial charge is 0.303 e. The topological polar surface area (TPSA) is 26.3 Å². The van der Waals surface area contributed by atoms with Gasteiger partial charge in [0.05, 0.1) is 0 Å². The second kappa shape index (κ2) is 6.66. The van der Waals surface area contributed by atoms with Crippen LogP contribution in [0.3, 0.4) is 0 Å². The summed E-state index contributed by atoms with van der Waals surface area (Å²) < 4.78 is 4.84. The zero-order valence-corrected chi connectivity index (χ0v) is 9.28. The molecule has 0 N–H and O–H groups in total. The number of carbonyl (C=O) groups is 1. The first-order valence-electron chi connectivity index (χ1n) is 4.09. The number of ether oxygens (including phenoxy) is 1. The van der Waals surface area contributed by atoms with E-state index in [9.17, 15) is 4.79 Å². The Labute approximate surface area is 84.9 Å². The summed E-state index contributed by atoms with van der Waals surface area (Å²) in [7, 11) is 0. The largest absolute Gasteiger partial charge is 0.452 e. The van der Waals surface area contributed by atoms with Gasteiger partial charge in [-0.2, -0.15) is 12.6 Å². The Balaban J connectivity index is 3.53. The van der Waals surface area contributed by atoms with Gasteiger partial charge in [-0.15, -0.1) is 12.6 Å². The highest BCUT2D eigenvalue weighted by Crippen LogP contribution is 2.15. The van der Waals surface area contributed by atoms with E-state index in [0.717, 1.165) is 12.8 Å². The Morgan fingerprint density at radius 2 is 2.08 bits per heavy atom. The van der Waals surface area contributed by atoms with Crippen molar-refractivity contribution in [2.75, 3.05) is 0 Å². The van der Waals surface area contributed by atoms with Gasteiger partial charge in [0.15, 0.2) is 0 Å². The average Bonchev–Trinajstić information content (AvgIpc) is 1.84. The van der Waals surface area contributed by atoms with Crippen molar-refractivity contribution in [1.82, 2.24) is 0 Å². The zero-order chi connectivity index (χ0) is 9.56. The Morgan fingerprint density at radius 3 is 2.50 bits per heavy atom. The van der Waals surface area contributed by atoms with Crippen molar-refractivity contribution in [2.24, 2.45) is 0 Å². The fourth-order valence-electron chi connectivity index (χ4n) is 0.924. The van der Waals surface area contributed by atoms with Crippen LogP contribution in [0.15, 0.2) is 0 Å². The summed E-state index contributed by atoms with van der Waals surface area (Å²) in [5.74, 6) is -0.285. The van der Waals surface area contributed by atoms with Crippen LogP contribution >= 0.6 is 25.3 Å². The molecule has 0 bridgehead atoms. The monoisotopic (exact) mass is 208 g/mol. The van der Waals surface area contributed by atoms with Gasteiger partial charge in [-0.25, -0.2) is 0 Å². The molecule has 12 heavy (non-hydrogen) atoms. The third-order valence-electron chi connectivity index (χ3n) is 1.40. The SMILES string of the molecule is CCCC(S)CC(S)OC(C)=O. The molecule has 0 aliphatic heterocycles. The highest BCUT2D eigenvalue weighted by Gasteiger charge is 2.11. The molecular formula is C8H16O2S2. The van der Waals surface area contributed by atoms with Gasteiger partial charge >= 0.3 is 5.97 Å². The van der Waals surface area contributed by atoms with E-state index in [1.54, 1.807) is 0 Å². The molecule has 2 unspecified atom stereocenters. The first kappa shape index (κ1) is 12.2. The Hall–Kier alpha value is 0.170. The number of hydrogen-bond acceptors (Lipinski definition) is 4. The van der Waals surface area contributed by atoms with Crippen LogP contribution in [0.5, 0.6) is 0 Å². The molecule has 0 aliphatic rings. The second-order valence-electron chi connectivity index (χ2n) is 2.74. The normalized spacial score (nSPS) is 15.3. The molecule has 0 aromatic carbocycles. The molecule has 0 fully saturated rings. The summed E-state index contributed by atoms with van der Waals surface area (Å²) in [6.07, 6.45) is 2.83. The summed E-state index contributed by atoms with van der Waals surface area (Å²) in [6, 6.07) is 0. The van der Waals surface area contributed by atoms with E-state index in [4.69, 9.17) is 4.74 Å². The number of thiol groups is 2. The molecule has 2 nitrogen and oxygen atoms in total. The van der Waals surface area contributed by atoms with Gasteiger partial charge in [0, 0.05) is 18.6 Å². The van der Waals surface area contributed by atoms with Crippen molar-refractivity contribution in [2.45, 2.75) is 43.8 Å². The van der Waals surface area contributed by atoms with E-state index in [1.807, 2.05) is 0 Å². The van der Waals surface area contributed by atoms with Crippen molar-refractivity contribution in [3.05, 3.63) is 0 Å². The Morgan fingerprint density at radius 1 is 1.50 bits per heavy atom. The minimum Gasteiger partial charge on any atom is -0.452 e. The summed E-state index contributed by atoms with van der Waals surface area (Å²) in [5.41, 5.74) is -0.309. The Bertz CT molecular complexity index is 139. The third kappa shape index (κ3) is 6.85. The van der Waals surface area contributed by atoms with Gasteiger partial charge in [0.25, 0.3) is 0 Å². The highest BCUT2D eigenvalue weighted by atomic mass is 32.1. The molecule has 0 rings (SSSR count). The molecule has 72 valence electrons. The minimum atomic E-state index is -0.309. The van der Waals surface area contributed by atoms with E-state index in [1.165, 1.54) is 6.92 Å². The van der Waals surface area contributed by atoms with Crippen LogP contribution in [0.1, 0.15) is 33.1 Å². The molecule has 0 aliphatic carbocycles. The minimum absolute atomic E-state index is 0.275. The molecule has 4 heteroatoms. The summed E-state index contributed by atoms with van der Waals surface area (Å²) >= 11 is 8.44. The van der Waals surface area contributed by atoms with Crippen molar-refractivity contribution < 1.29 is 9.53 Å². The van der Waals surface area contributed by atoms with Crippen LogP contribution in [-0.2, 0) is 9.53 Å². The van der Waals surface area contributed by atoms with E-state index in [-0.39, 0.29) is 16.7 Å². The van der Waals surface area contributed by atoms with Crippen molar-refractivity contribution >= 4 is 31.2 Å². The maximum atomic E-state index is 10.5. The number of hydrogen-bond donors (Lipinski definition) is 2. The van der Waals surface area contributed by atoms with Crippen LogP contribution < -0.4 is 0 Å². The fraction of sp³-hybridized carbons (Fsp3) is 0.875. The second-order valence-corrected chi connectivity index (χ2v) is 4.05. The lowest BCUT2D eigenvalue weighted by atomic mass is 10.2. The number of rotatable bonds is 5. The lowest BCUT2D eigenvalue weighted by Crippen LogP contribution is -2.14. The lowest BCUT2D eigenvalue weighted by Gasteiger charge is -2.14.